The van der Waals surface area contributed by atoms with Gasteiger partial charge >= 0.3 is 0 Å². The average molecular weight is 195 g/mol. The molecule has 1 aromatic rings. The summed E-state index contributed by atoms with van der Waals surface area (Å²) in [4.78, 5) is 0. The van der Waals surface area contributed by atoms with Crippen LogP contribution in [0.3, 0.4) is 0 Å². The molecule has 0 saturated heterocycles. The summed E-state index contributed by atoms with van der Waals surface area (Å²) in [7, 11) is 1.97. The van der Waals surface area contributed by atoms with Crippen molar-refractivity contribution in [3.05, 3.63) is 17.5 Å². The Morgan fingerprint density at radius 1 is 1.43 bits per heavy atom. The van der Waals surface area contributed by atoms with Crippen LogP contribution in [0.5, 0.6) is 0 Å². The van der Waals surface area contributed by atoms with Crippen LogP contribution in [0.25, 0.3) is 0 Å². The minimum absolute atomic E-state index is 0.916. The molecule has 0 saturated carbocycles. The molecule has 3 heteroatoms. The smallest absolute Gasteiger partial charge is 0.0638 e. The molecular weight excluding hydrogens is 174 g/mol. The van der Waals surface area contributed by atoms with Gasteiger partial charge < -0.3 is 5.32 Å². The fraction of sp³-hybridized carbons (Fsp3) is 0.727. The number of aryl methyl sites for hydroxylation is 2. The third-order valence-corrected chi connectivity index (χ3v) is 2.41. The van der Waals surface area contributed by atoms with E-state index in [1.807, 2.05) is 7.05 Å². The second-order valence-electron chi connectivity index (χ2n) is 3.74. The number of nitrogens with zero attached hydrogens (tertiary/aromatic N) is 2. The van der Waals surface area contributed by atoms with E-state index in [2.05, 4.69) is 35.1 Å². The van der Waals surface area contributed by atoms with Gasteiger partial charge in [-0.3, -0.25) is 4.68 Å². The highest BCUT2D eigenvalue weighted by Crippen LogP contribution is 2.06. The van der Waals surface area contributed by atoms with E-state index in [1.54, 1.807) is 0 Å². The Hall–Kier alpha value is -0.830. The van der Waals surface area contributed by atoms with Gasteiger partial charge in [-0.25, -0.2) is 0 Å². The molecule has 0 aliphatic carbocycles. The lowest BCUT2D eigenvalue weighted by Crippen LogP contribution is -2.05. The van der Waals surface area contributed by atoms with Crippen molar-refractivity contribution >= 4 is 0 Å². The number of hydrogen-bond donors (Lipinski definition) is 1. The molecule has 1 rings (SSSR count). The Balaban J connectivity index is 2.48. The number of unbranched alkanes of at least 4 members (excludes halogenated alkanes) is 2. The zero-order chi connectivity index (χ0) is 10.4. The van der Waals surface area contributed by atoms with E-state index in [0.717, 1.165) is 18.8 Å². The highest BCUT2D eigenvalue weighted by molar-refractivity contribution is 5.14. The summed E-state index contributed by atoms with van der Waals surface area (Å²) in [6.07, 6.45) is 5.95. The molecule has 0 bridgehead atoms. The molecule has 0 radical (unpaired) electrons. The predicted octanol–water partition coefficient (Wildman–Crippen LogP) is 2.10. The summed E-state index contributed by atoms with van der Waals surface area (Å²) in [6.45, 7) is 6.27. The molecule has 14 heavy (non-hydrogen) atoms. The maximum Gasteiger partial charge on any atom is 0.0638 e. The van der Waals surface area contributed by atoms with Gasteiger partial charge in [0.2, 0.25) is 0 Å². The quantitative estimate of drug-likeness (QED) is 0.704. The summed E-state index contributed by atoms with van der Waals surface area (Å²) >= 11 is 0. The highest BCUT2D eigenvalue weighted by Gasteiger charge is 2.02. The SMILES string of the molecule is CCCCCn1cc(CNC)c(C)n1. The van der Waals surface area contributed by atoms with E-state index >= 15 is 0 Å². The highest BCUT2D eigenvalue weighted by atomic mass is 15.3. The number of aromatic nitrogens is 2. The second-order valence-corrected chi connectivity index (χ2v) is 3.74. The molecule has 0 aliphatic heterocycles. The zero-order valence-corrected chi connectivity index (χ0v) is 9.51. The standard InChI is InChI=1S/C11H21N3/c1-4-5-6-7-14-9-11(8-12-3)10(2)13-14/h9,12H,4-8H2,1-3H3. The Labute approximate surface area is 86.5 Å². The van der Waals surface area contributed by atoms with Crippen LogP contribution in [0.2, 0.25) is 0 Å². The summed E-state index contributed by atoms with van der Waals surface area (Å²) in [5, 5.41) is 7.63. The van der Waals surface area contributed by atoms with Crippen LogP contribution < -0.4 is 5.32 Å². The Kier molecular flexibility index (Phi) is 4.66. The van der Waals surface area contributed by atoms with Crippen molar-refractivity contribution in [1.82, 2.24) is 15.1 Å². The van der Waals surface area contributed by atoms with Gasteiger partial charge in [0.15, 0.2) is 0 Å². The van der Waals surface area contributed by atoms with Crippen molar-refractivity contribution in [3.8, 4) is 0 Å². The van der Waals surface area contributed by atoms with Crippen molar-refractivity contribution in [3.63, 3.8) is 0 Å². The van der Waals surface area contributed by atoms with Crippen LogP contribution >= 0.6 is 0 Å². The van der Waals surface area contributed by atoms with E-state index in [4.69, 9.17) is 0 Å². The van der Waals surface area contributed by atoms with Crippen LogP contribution in [-0.4, -0.2) is 16.8 Å². The van der Waals surface area contributed by atoms with Crippen LogP contribution in [-0.2, 0) is 13.1 Å². The Morgan fingerprint density at radius 3 is 2.86 bits per heavy atom. The topological polar surface area (TPSA) is 29.9 Å². The molecule has 0 aliphatic rings. The molecule has 0 amide bonds. The third kappa shape index (κ3) is 3.14. The molecule has 0 aromatic carbocycles. The zero-order valence-electron chi connectivity index (χ0n) is 9.51. The first-order chi connectivity index (χ1) is 6.77. The van der Waals surface area contributed by atoms with E-state index in [9.17, 15) is 0 Å². The van der Waals surface area contributed by atoms with Gasteiger partial charge in [-0.2, -0.15) is 5.10 Å². The lowest BCUT2D eigenvalue weighted by molar-refractivity contribution is 0.550. The molecule has 3 nitrogen and oxygen atoms in total. The number of hydrogen-bond acceptors (Lipinski definition) is 2. The van der Waals surface area contributed by atoms with Crippen molar-refractivity contribution in [2.45, 2.75) is 46.2 Å². The van der Waals surface area contributed by atoms with Crippen LogP contribution in [0.15, 0.2) is 6.20 Å². The van der Waals surface area contributed by atoms with E-state index in [1.165, 1.54) is 24.8 Å². The largest absolute Gasteiger partial charge is 0.316 e. The summed E-state index contributed by atoms with van der Waals surface area (Å²) < 4.78 is 2.07. The first-order valence-electron chi connectivity index (χ1n) is 5.45. The molecule has 0 fully saturated rings. The molecule has 1 N–H and O–H groups in total. The van der Waals surface area contributed by atoms with Gasteiger partial charge in [0, 0.05) is 24.8 Å². The van der Waals surface area contributed by atoms with Crippen LogP contribution in [0.4, 0.5) is 0 Å². The van der Waals surface area contributed by atoms with Crippen molar-refractivity contribution in [2.24, 2.45) is 0 Å². The average Bonchev–Trinajstić information content (AvgIpc) is 2.49. The lowest BCUT2D eigenvalue weighted by Gasteiger charge is -1.98. The van der Waals surface area contributed by atoms with Gasteiger partial charge in [0.05, 0.1) is 5.69 Å². The molecule has 80 valence electrons. The molecule has 1 heterocycles. The first kappa shape index (κ1) is 11.2. The minimum atomic E-state index is 0.916. The monoisotopic (exact) mass is 195 g/mol. The van der Waals surface area contributed by atoms with Crippen LogP contribution in [0.1, 0.15) is 37.4 Å². The van der Waals surface area contributed by atoms with Gasteiger partial charge in [0.25, 0.3) is 0 Å². The molecular formula is C11H21N3. The van der Waals surface area contributed by atoms with Crippen molar-refractivity contribution in [1.29, 1.82) is 0 Å². The van der Waals surface area contributed by atoms with E-state index in [-0.39, 0.29) is 0 Å². The van der Waals surface area contributed by atoms with E-state index < -0.39 is 0 Å². The molecule has 0 spiro atoms. The summed E-state index contributed by atoms with van der Waals surface area (Å²) in [5.41, 5.74) is 2.46. The maximum absolute atomic E-state index is 4.48. The van der Waals surface area contributed by atoms with Crippen LogP contribution in [0, 0.1) is 6.92 Å². The van der Waals surface area contributed by atoms with Crippen molar-refractivity contribution in [2.75, 3.05) is 7.05 Å². The van der Waals surface area contributed by atoms with Gasteiger partial charge in [0.1, 0.15) is 0 Å². The fourth-order valence-corrected chi connectivity index (χ4v) is 1.56. The van der Waals surface area contributed by atoms with Gasteiger partial charge in [-0.05, 0) is 20.4 Å². The lowest BCUT2D eigenvalue weighted by atomic mass is 10.2. The molecule has 0 unspecified atom stereocenters. The van der Waals surface area contributed by atoms with Gasteiger partial charge in [-0.15, -0.1) is 0 Å². The summed E-state index contributed by atoms with van der Waals surface area (Å²) in [6, 6.07) is 0. The number of nitrogens with one attached hydrogen (secondary N) is 1. The van der Waals surface area contributed by atoms with Gasteiger partial charge in [-0.1, -0.05) is 19.8 Å². The van der Waals surface area contributed by atoms with Crippen molar-refractivity contribution < 1.29 is 0 Å². The Bertz CT molecular complexity index is 265. The normalized spacial score (nSPS) is 10.8. The summed E-state index contributed by atoms with van der Waals surface area (Å²) in [5.74, 6) is 0. The van der Waals surface area contributed by atoms with E-state index in [0.29, 0.717) is 0 Å². The Morgan fingerprint density at radius 2 is 2.21 bits per heavy atom. The fourth-order valence-electron chi connectivity index (χ4n) is 1.56. The molecule has 0 atom stereocenters. The second kappa shape index (κ2) is 5.81. The molecule has 1 aromatic heterocycles. The maximum atomic E-state index is 4.48. The predicted molar refractivity (Wildman–Crippen MR) is 59.3 cm³/mol. The minimum Gasteiger partial charge on any atom is -0.316 e. The third-order valence-electron chi connectivity index (χ3n) is 2.41. The number of rotatable bonds is 6. The first-order valence-corrected chi connectivity index (χ1v) is 5.45.